The second kappa shape index (κ2) is 8.71. The van der Waals surface area contributed by atoms with Crippen molar-refractivity contribution in [1.82, 2.24) is 9.88 Å². The van der Waals surface area contributed by atoms with Gasteiger partial charge in [-0.25, -0.2) is 4.98 Å². The van der Waals surface area contributed by atoms with Crippen molar-refractivity contribution in [2.45, 2.75) is 6.18 Å². The molecule has 5 nitrogen and oxygen atoms in total. The molecule has 30 heavy (non-hydrogen) atoms. The summed E-state index contributed by atoms with van der Waals surface area (Å²) >= 11 is 1.39. The number of morpholine rings is 1. The minimum atomic E-state index is -4.44. The van der Waals surface area contributed by atoms with Gasteiger partial charge in [-0.05, 0) is 36.4 Å². The SMILES string of the molecule is O=C(c1ccc(C(F)(F)F)cc1)N(CCN1CCOCC1)c1nc2ccccc2s1. The molecular weight excluding hydrogens is 415 g/mol. The number of ether oxygens (including phenoxy) is 1. The monoisotopic (exact) mass is 435 g/mol. The van der Waals surface area contributed by atoms with Crippen molar-refractivity contribution in [1.29, 1.82) is 0 Å². The van der Waals surface area contributed by atoms with Crippen LogP contribution in [0.4, 0.5) is 18.3 Å². The van der Waals surface area contributed by atoms with Crippen molar-refractivity contribution in [2.24, 2.45) is 0 Å². The molecule has 0 aliphatic carbocycles. The van der Waals surface area contributed by atoms with Crippen LogP contribution >= 0.6 is 11.3 Å². The number of alkyl halides is 3. The second-order valence-corrected chi connectivity index (χ2v) is 7.96. The highest BCUT2D eigenvalue weighted by atomic mass is 32.1. The fourth-order valence-corrected chi connectivity index (χ4v) is 4.27. The Labute approximate surface area is 175 Å². The first-order chi connectivity index (χ1) is 14.4. The quantitative estimate of drug-likeness (QED) is 0.600. The van der Waals surface area contributed by atoms with Crippen LogP contribution in [0.5, 0.6) is 0 Å². The van der Waals surface area contributed by atoms with E-state index in [0.717, 1.165) is 35.4 Å². The summed E-state index contributed by atoms with van der Waals surface area (Å²) < 4.78 is 44.9. The van der Waals surface area contributed by atoms with Crippen LogP contribution in [-0.4, -0.2) is 55.2 Å². The number of benzene rings is 2. The highest BCUT2D eigenvalue weighted by Gasteiger charge is 2.31. The minimum absolute atomic E-state index is 0.198. The number of para-hydroxylation sites is 1. The molecule has 2 aromatic carbocycles. The number of amides is 1. The topological polar surface area (TPSA) is 45.7 Å². The van der Waals surface area contributed by atoms with Crippen molar-refractivity contribution in [3.63, 3.8) is 0 Å². The number of hydrogen-bond acceptors (Lipinski definition) is 5. The van der Waals surface area contributed by atoms with Gasteiger partial charge in [0, 0.05) is 31.7 Å². The smallest absolute Gasteiger partial charge is 0.379 e. The van der Waals surface area contributed by atoms with E-state index < -0.39 is 11.7 Å². The molecule has 1 aliphatic heterocycles. The first-order valence-electron chi connectivity index (χ1n) is 9.56. The molecule has 0 atom stereocenters. The summed E-state index contributed by atoms with van der Waals surface area (Å²) in [4.78, 5) is 21.6. The van der Waals surface area contributed by atoms with Gasteiger partial charge in [0.15, 0.2) is 5.13 Å². The van der Waals surface area contributed by atoms with Gasteiger partial charge in [-0.2, -0.15) is 13.2 Å². The highest BCUT2D eigenvalue weighted by Crippen LogP contribution is 2.31. The van der Waals surface area contributed by atoms with E-state index in [0.29, 0.717) is 31.4 Å². The lowest BCUT2D eigenvalue weighted by Gasteiger charge is -2.29. The van der Waals surface area contributed by atoms with Gasteiger partial charge >= 0.3 is 6.18 Å². The highest BCUT2D eigenvalue weighted by molar-refractivity contribution is 7.22. The maximum atomic E-state index is 13.2. The van der Waals surface area contributed by atoms with E-state index >= 15 is 0 Å². The van der Waals surface area contributed by atoms with E-state index in [2.05, 4.69) is 9.88 Å². The Morgan fingerprint density at radius 1 is 1.10 bits per heavy atom. The second-order valence-electron chi connectivity index (χ2n) is 6.95. The Morgan fingerprint density at radius 3 is 2.47 bits per heavy atom. The molecule has 2 heterocycles. The fourth-order valence-electron chi connectivity index (χ4n) is 3.28. The third-order valence-electron chi connectivity index (χ3n) is 4.96. The third kappa shape index (κ3) is 4.63. The lowest BCUT2D eigenvalue weighted by Crippen LogP contribution is -2.43. The lowest BCUT2D eigenvalue weighted by atomic mass is 10.1. The van der Waals surface area contributed by atoms with Gasteiger partial charge in [-0.1, -0.05) is 23.5 Å². The van der Waals surface area contributed by atoms with Crippen LogP contribution in [0, 0.1) is 0 Å². The van der Waals surface area contributed by atoms with Crippen LogP contribution in [0.1, 0.15) is 15.9 Å². The number of carbonyl (C=O) groups excluding carboxylic acids is 1. The van der Waals surface area contributed by atoms with Crippen LogP contribution in [0.3, 0.4) is 0 Å². The van der Waals surface area contributed by atoms with Crippen LogP contribution in [0.15, 0.2) is 48.5 Å². The van der Waals surface area contributed by atoms with Crippen molar-refractivity contribution in [2.75, 3.05) is 44.3 Å². The number of anilines is 1. The van der Waals surface area contributed by atoms with Gasteiger partial charge in [-0.3, -0.25) is 14.6 Å². The molecule has 0 bridgehead atoms. The predicted molar refractivity (Wildman–Crippen MR) is 110 cm³/mol. The van der Waals surface area contributed by atoms with Crippen molar-refractivity contribution in [3.05, 3.63) is 59.7 Å². The van der Waals surface area contributed by atoms with Crippen LogP contribution in [0.2, 0.25) is 0 Å². The van der Waals surface area contributed by atoms with Gasteiger partial charge in [0.2, 0.25) is 0 Å². The molecular formula is C21H20F3N3O2S. The van der Waals surface area contributed by atoms with Crippen LogP contribution in [-0.2, 0) is 10.9 Å². The Hall–Kier alpha value is -2.49. The molecule has 1 aliphatic rings. The van der Waals surface area contributed by atoms with E-state index in [1.165, 1.54) is 23.5 Å². The Morgan fingerprint density at radius 2 is 1.80 bits per heavy atom. The van der Waals surface area contributed by atoms with Crippen LogP contribution in [0.25, 0.3) is 10.2 Å². The van der Waals surface area contributed by atoms with Gasteiger partial charge in [0.1, 0.15) is 0 Å². The summed E-state index contributed by atoms with van der Waals surface area (Å²) in [6, 6.07) is 11.9. The number of carbonyl (C=O) groups is 1. The molecule has 1 fully saturated rings. The maximum absolute atomic E-state index is 13.2. The summed E-state index contributed by atoms with van der Waals surface area (Å²) in [5, 5.41) is 0.536. The maximum Gasteiger partial charge on any atom is 0.416 e. The Bertz CT molecular complexity index is 981. The number of halogens is 3. The zero-order valence-electron chi connectivity index (χ0n) is 16.1. The molecule has 3 aromatic rings. The summed E-state index contributed by atoms with van der Waals surface area (Å²) in [6.45, 7) is 3.87. The minimum Gasteiger partial charge on any atom is -0.379 e. The average Bonchev–Trinajstić information content (AvgIpc) is 3.18. The third-order valence-corrected chi connectivity index (χ3v) is 6.02. The molecule has 0 spiro atoms. The average molecular weight is 435 g/mol. The lowest BCUT2D eigenvalue weighted by molar-refractivity contribution is -0.137. The Kier molecular flexibility index (Phi) is 6.03. The van der Waals surface area contributed by atoms with E-state index in [1.54, 1.807) is 4.90 Å². The summed E-state index contributed by atoms with van der Waals surface area (Å²) in [6.07, 6.45) is -4.44. The first-order valence-corrected chi connectivity index (χ1v) is 10.4. The molecule has 1 saturated heterocycles. The summed E-state index contributed by atoms with van der Waals surface area (Å²) in [5.74, 6) is -0.365. The van der Waals surface area contributed by atoms with E-state index in [4.69, 9.17) is 4.74 Å². The Balaban J connectivity index is 1.60. The molecule has 0 radical (unpaired) electrons. The first kappa shape index (κ1) is 20.8. The largest absolute Gasteiger partial charge is 0.416 e. The number of rotatable bonds is 5. The standard InChI is InChI=1S/C21H20F3N3O2S/c22-21(23,24)16-7-5-15(6-8-16)19(28)27(10-9-26-11-13-29-14-12-26)20-25-17-3-1-2-4-18(17)30-20/h1-8H,9-14H2. The van der Waals surface area contributed by atoms with Crippen molar-refractivity contribution in [3.8, 4) is 0 Å². The zero-order chi connectivity index (χ0) is 21.1. The van der Waals surface area contributed by atoms with Gasteiger partial charge in [0.25, 0.3) is 5.91 Å². The van der Waals surface area contributed by atoms with E-state index in [9.17, 15) is 18.0 Å². The normalized spacial score (nSPS) is 15.4. The van der Waals surface area contributed by atoms with Crippen molar-refractivity contribution < 1.29 is 22.7 Å². The zero-order valence-corrected chi connectivity index (χ0v) is 16.9. The van der Waals surface area contributed by atoms with Crippen molar-refractivity contribution >= 4 is 32.6 Å². The number of fused-ring (bicyclic) bond motifs is 1. The molecule has 0 saturated carbocycles. The molecule has 0 N–H and O–H groups in total. The molecule has 0 unspecified atom stereocenters. The number of hydrogen-bond donors (Lipinski definition) is 0. The number of nitrogens with zero attached hydrogens (tertiary/aromatic N) is 3. The van der Waals surface area contributed by atoms with E-state index in [1.807, 2.05) is 24.3 Å². The van der Waals surface area contributed by atoms with Gasteiger partial charge in [0.05, 0.1) is 29.0 Å². The predicted octanol–water partition coefficient (Wildman–Crippen LogP) is 4.29. The summed E-state index contributed by atoms with van der Waals surface area (Å²) in [5.41, 5.74) is 0.206. The fraction of sp³-hybridized carbons (Fsp3) is 0.333. The number of thiazole rings is 1. The summed E-state index contributed by atoms with van der Waals surface area (Å²) in [7, 11) is 0. The van der Waals surface area contributed by atoms with Gasteiger partial charge < -0.3 is 4.74 Å². The molecule has 1 amide bonds. The van der Waals surface area contributed by atoms with Crippen LogP contribution < -0.4 is 4.90 Å². The number of aromatic nitrogens is 1. The molecule has 158 valence electrons. The molecule has 4 rings (SSSR count). The molecule has 1 aromatic heterocycles. The van der Waals surface area contributed by atoms with E-state index in [-0.39, 0.29) is 11.5 Å². The van der Waals surface area contributed by atoms with Gasteiger partial charge in [-0.15, -0.1) is 0 Å². The molecule has 9 heteroatoms.